The van der Waals surface area contributed by atoms with Gasteiger partial charge in [0, 0.05) is 13.6 Å². The van der Waals surface area contributed by atoms with Crippen LogP contribution in [0.5, 0.6) is 0 Å². The number of nitrogens with one attached hydrogen (secondary N) is 1. The fraction of sp³-hybridized carbons (Fsp3) is 1.00. The van der Waals surface area contributed by atoms with Crippen molar-refractivity contribution in [2.24, 2.45) is 5.92 Å². The van der Waals surface area contributed by atoms with Gasteiger partial charge >= 0.3 is 0 Å². The summed E-state index contributed by atoms with van der Waals surface area (Å²) in [4.78, 5) is 0. The van der Waals surface area contributed by atoms with Crippen LogP contribution in [-0.2, 0) is 11.3 Å². The molecule has 0 bridgehead atoms. The summed E-state index contributed by atoms with van der Waals surface area (Å²) >= 11 is -1.80. The zero-order chi connectivity index (χ0) is 9.68. The largest absolute Gasteiger partial charge is 0.317 e. The third-order valence-corrected chi connectivity index (χ3v) is 3.29. The lowest BCUT2D eigenvalue weighted by atomic mass is 9.95. The first kappa shape index (κ1) is 11.1. The number of hydrogen-bond acceptors (Lipinski definition) is 2. The SMILES string of the molecule is CN(CCC1CCNCC1)S(=O)O. The van der Waals surface area contributed by atoms with Gasteiger partial charge in [-0.1, -0.05) is 0 Å². The van der Waals surface area contributed by atoms with Crippen LogP contribution in [0.4, 0.5) is 0 Å². The Morgan fingerprint density at radius 1 is 1.54 bits per heavy atom. The molecule has 0 aromatic rings. The Balaban J connectivity index is 2.13. The van der Waals surface area contributed by atoms with Crippen molar-refractivity contribution in [1.29, 1.82) is 0 Å². The average molecular weight is 206 g/mol. The maximum Gasteiger partial charge on any atom is 0.234 e. The summed E-state index contributed by atoms with van der Waals surface area (Å²) in [5, 5.41) is 3.30. The van der Waals surface area contributed by atoms with Crippen LogP contribution in [-0.4, -0.2) is 39.7 Å². The van der Waals surface area contributed by atoms with E-state index in [0.29, 0.717) is 6.54 Å². The monoisotopic (exact) mass is 206 g/mol. The van der Waals surface area contributed by atoms with E-state index >= 15 is 0 Å². The highest BCUT2D eigenvalue weighted by molar-refractivity contribution is 7.76. The van der Waals surface area contributed by atoms with Crippen molar-refractivity contribution in [3.05, 3.63) is 0 Å². The van der Waals surface area contributed by atoms with Gasteiger partial charge in [0.15, 0.2) is 0 Å². The van der Waals surface area contributed by atoms with E-state index in [1.165, 1.54) is 17.1 Å². The van der Waals surface area contributed by atoms with Gasteiger partial charge in [-0.15, -0.1) is 0 Å². The molecule has 2 N–H and O–H groups in total. The first-order chi connectivity index (χ1) is 6.20. The second-order valence-corrected chi connectivity index (χ2v) is 4.65. The predicted octanol–water partition coefficient (Wildman–Crippen LogP) is 0.445. The third-order valence-electron chi connectivity index (χ3n) is 2.58. The van der Waals surface area contributed by atoms with Gasteiger partial charge in [0.05, 0.1) is 0 Å². The van der Waals surface area contributed by atoms with Gasteiger partial charge in [-0.25, -0.2) is 8.51 Å². The van der Waals surface area contributed by atoms with Crippen LogP contribution in [0.3, 0.4) is 0 Å². The minimum atomic E-state index is -1.80. The van der Waals surface area contributed by atoms with E-state index in [1.54, 1.807) is 7.05 Å². The van der Waals surface area contributed by atoms with E-state index in [1.807, 2.05) is 0 Å². The molecule has 1 heterocycles. The maximum atomic E-state index is 10.6. The molecule has 1 atom stereocenters. The highest BCUT2D eigenvalue weighted by Crippen LogP contribution is 2.15. The average Bonchev–Trinajstić information content (AvgIpc) is 2.15. The van der Waals surface area contributed by atoms with E-state index in [-0.39, 0.29) is 0 Å². The Hall–Kier alpha value is 0.0300. The van der Waals surface area contributed by atoms with Crippen molar-refractivity contribution in [3.8, 4) is 0 Å². The quantitative estimate of drug-likeness (QED) is 0.656. The number of piperidine rings is 1. The molecule has 1 rings (SSSR count). The number of rotatable bonds is 4. The summed E-state index contributed by atoms with van der Waals surface area (Å²) < 4.78 is 20.8. The Bertz CT molecular complexity index is 172. The molecule has 0 amide bonds. The van der Waals surface area contributed by atoms with Crippen LogP contribution in [0.1, 0.15) is 19.3 Å². The summed E-state index contributed by atoms with van der Waals surface area (Å²) in [6.45, 7) is 2.90. The standard InChI is InChI=1S/C8H18N2O2S/c1-10(13(11)12)7-4-8-2-5-9-6-3-8/h8-9H,2-7H2,1H3,(H,11,12). The van der Waals surface area contributed by atoms with Crippen LogP contribution in [0, 0.1) is 5.92 Å². The van der Waals surface area contributed by atoms with Crippen molar-refractivity contribution in [2.75, 3.05) is 26.7 Å². The van der Waals surface area contributed by atoms with Crippen molar-refractivity contribution in [3.63, 3.8) is 0 Å². The Morgan fingerprint density at radius 2 is 2.15 bits per heavy atom. The molecule has 1 aliphatic rings. The molecule has 78 valence electrons. The van der Waals surface area contributed by atoms with Gasteiger partial charge in [-0.3, -0.25) is 4.55 Å². The van der Waals surface area contributed by atoms with E-state index in [9.17, 15) is 4.21 Å². The molecule has 0 saturated carbocycles. The molecule has 0 radical (unpaired) electrons. The number of nitrogens with zero attached hydrogens (tertiary/aromatic N) is 1. The normalized spacial score (nSPS) is 22.1. The summed E-state index contributed by atoms with van der Waals surface area (Å²) in [6.07, 6.45) is 3.43. The molecule has 1 unspecified atom stereocenters. The molecule has 0 aromatic heterocycles. The summed E-state index contributed by atoms with van der Waals surface area (Å²) in [5.41, 5.74) is 0. The van der Waals surface area contributed by atoms with Crippen LogP contribution in [0.15, 0.2) is 0 Å². The lowest BCUT2D eigenvalue weighted by Crippen LogP contribution is -2.30. The lowest BCUT2D eigenvalue weighted by Gasteiger charge is -2.23. The molecule has 0 spiro atoms. The molecule has 1 fully saturated rings. The number of hydrogen-bond donors (Lipinski definition) is 2. The summed E-state index contributed by atoms with van der Waals surface area (Å²) in [6, 6.07) is 0. The van der Waals surface area contributed by atoms with E-state index in [4.69, 9.17) is 4.55 Å². The Labute approximate surface area is 82.1 Å². The van der Waals surface area contributed by atoms with Gasteiger partial charge in [0.25, 0.3) is 0 Å². The second-order valence-electron chi connectivity index (χ2n) is 3.56. The minimum Gasteiger partial charge on any atom is -0.317 e. The van der Waals surface area contributed by atoms with Gasteiger partial charge < -0.3 is 5.32 Å². The van der Waals surface area contributed by atoms with Crippen LogP contribution >= 0.6 is 0 Å². The van der Waals surface area contributed by atoms with Crippen molar-refractivity contribution >= 4 is 11.3 Å². The predicted molar refractivity (Wildman–Crippen MR) is 53.6 cm³/mol. The van der Waals surface area contributed by atoms with Crippen molar-refractivity contribution in [1.82, 2.24) is 9.62 Å². The third kappa shape index (κ3) is 4.17. The first-order valence-corrected chi connectivity index (χ1v) is 5.79. The fourth-order valence-electron chi connectivity index (χ4n) is 1.61. The first-order valence-electron chi connectivity index (χ1n) is 4.73. The van der Waals surface area contributed by atoms with E-state index < -0.39 is 11.3 Å². The van der Waals surface area contributed by atoms with Crippen molar-refractivity contribution in [2.45, 2.75) is 19.3 Å². The molecule has 1 aliphatic heterocycles. The van der Waals surface area contributed by atoms with Gasteiger partial charge in [-0.2, -0.15) is 0 Å². The van der Waals surface area contributed by atoms with Crippen molar-refractivity contribution < 1.29 is 8.76 Å². The summed E-state index contributed by atoms with van der Waals surface area (Å²) in [5.74, 6) is 0.729. The van der Waals surface area contributed by atoms with Gasteiger partial charge in [-0.05, 0) is 38.3 Å². The van der Waals surface area contributed by atoms with Gasteiger partial charge in [0.2, 0.25) is 11.3 Å². The molecule has 0 aliphatic carbocycles. The highest BCUT2D eigenvalue weighted by Gasteiger charge is 2.14. The fourth-order valence-corrected chi connectivity index (χ4v) is 1.87. The molecular formula is C8H18N2O2S. The molecule has 13 heavy (non-hydrogen) atoms. The molecular weight excluding hydrogens is 188 g/mol. The second kappa shape index (κ2) is 5.70. The molecule has 5 heteroatoms. The smallest absolute Gasteiger partial charge is 0.234 e. The Kier molecular flexibility index (Phi) is 4.87. The highest BCUT2D eigenvalue weighted by atomic mass is 32.2. The van der Waals surface area contributed by atoms with Crippen LogP contribution < -0.4 is 5.32 Å². The molecule has 1 saturated heterocycles. The molecule has 0 aromatic carbocycles. The zero-order valence-electron chi connectivity index (χ0n) is 8.03. The lowest BCUT2D eigenvalue weighted by molar-refractivity contribution is 0.324. The topological polar surface area (TPSA) is 52.6 Å². The maximum absolute atomic E-state index is 10.6. The summed E-state index contributed by atoms with van der Waals surface area (Å²) in [7, 11) is 1.68. The minimum absolute atomic E-state index is 0.716. The molecule has 4 nitrogen and oxygen atoms in total. The van der Waals surface area contributed by atoms with E-state index in [2.05, 4.69) is 5.32 Å². The van der Waals surface area contributed by atoms with E-state index in [0.717, 1.165) is 25.4 Å². The Morgan fingerprint density at radius 3 is 2.69 bits per heavy atom. The van der Waals surface area contributed by atoms with Crippen LogP contribution in [0.2, 0.25) is 0 Å². The zero-order valence-corrected chi connectivity index (χ0v) is 8.85. The van der Waals surface area contributed by atoms with Crippen LogP contribution in [0.25, 0.3) is 0 Å². The van der Waals surface area contributed by atoms with Gasteiger partial charge in [0.1, 0.15) is 0 Å².